The SMILES string of the molecule is CC(C)(C)C(=O)Cc1nc(CC2CCCO2)no1. The van der Waals surface area contributed by atoms with E-state index in [0.29, 0.717) is 18.1 Å². The lowest BCUT2D eigenvalue weighted by Gasteiger charge is -2.14. The smallest absolute Gasteiger partial charge is 0.234 e. The van der Waals surface area contributed by atoms with Crippen molar-refractivity contribution >= 4 is 5.78 Å². The zero-order valence-electron chi connectivity index (χ0n) is 11.2. The van der Waals surface area contributed by atoms with E-state index in [2.05, 4.69) is 10.1 Å². The Morgan fingerprint density at radius 2 is 2.22 bits per heavy atom. The van der Waals surface area contributed by atoms with Gasteiger partial charge in [-0.15, -0.1) is 0 Å². The van der Waals surface area contributed by atoms with Gasteiger partial charge in [0.25, 0.3) is 0 Å². The third-order valence-electron chi connectivity index (χ3n) is 3.09. The number of rotatable bonds is 4. The fourth-order valence-corrected chi connectivity index (χ4v) is 1.86. The van der Waals surface area contributed by atoms with Crippen LogP contribution < -0.4 is 0 Å². The average Bonchev–Trinajstić information content (AvgIpc) is 2.89. The molecule has 0 saturated carbocycles. The molecule has 18 heavy (non-hydrogen) atoms. The maximum atomic E-state index is 11.8. The van der Waals surface area contributed by atoms with Crippen molar-refractivity contribution in [3.05, 3.63) is 11.7 Å². The molecule has 0 amide bonds. The molecular formula is C13H20N2O3. The first kappa shape index (κ1) is 13.2. The van der Waals surface area contributed by atoms with E-state index in [1.54, 1.807) is 0 Å². The minimum atomic E-state index is -0.372. The number of nitrogens with zero attached hydrogens (tertiary/aromatic N) is 2. The molecule has 1 unspecified atom stereocenters. The monoisotopic (exact) mass is 252 g/mol. The second kappa shape index (κ2) is 5.18. The molecule has 0 spiro atoms. The maximum absolute atomic E-state index is 11.8. The zero-order chi connectivity index (χ0) is 13.2. The van der Waals surface area contributed by atoms with Gasteiger partial charge in [-0.1, -0.05) is 25.9 Å². The summed E-state index contributed by atoms with van der Waals surface area (Å²) in [5, 5.41) is 3.90. The molecule has 1 fully saturated rings. The second-order valence-corrected chi connectivity index (χ2v) is 5.79. The van der Waals surface area contributed by atoms with Crippen LogP contribution in [0.3, 0.4) is 0 Å². The molecule has 0 aromatic carbocycles. The van der Waals surface area contributed by atoms with Gasteiger partial charge in [-0.05, 0) is 12.8 Å². The topological polar surface area (TPSA) is 65.2 Å². The standard InChI is InChI=1S/C13H20N2O3/c1-13(2,3)10(16)8-12-14-11(15-18-12)7-9-5-4-6-17-9/h9H,4-8H2,1-3H3. The van der Waals surface area contributed by atoms with Crippen LogP contribution in [0.2, 0.25) is 0 Å². The molecule has 1 atom stereocenters. The Morgan fingerprint density at radius 1 is 1.44 bits per heavy atom. The van der Waals surface area contributed by atoms with Crippen molar-refractivity contribution in [1.29, 1.82) is 0 Å². The summed E-state index contributed by atoms with van der Waals surface area (Å²) >= 11 is 0. The summed E-state index contributed by atoms with van der Waals surface area (Å²) in [6, 6.07) is 0. The molecule has 1 aromatic heterocycles. The van der Waals surface area contributed by atoms with Crippen LogP contribution in [0.4, 0.5) is 0 Å². The van der Waals surface area contributed by atoms with E-state index in [0.717, 1.165) is 19.4 Å². The number of carbonyl (C=O) groups excluding carboxylic acids is 1. The Morgan fingerprint density at radius 3 is 2.83 bits per heavy atom. The fourth-order valence-electron chi connectivity index (χ4n) is 1.86. The van der Waals surface area contributed by atoms with Crippen molar-refractivity contribution in [1.82, 2.24) is 10.1 Å². The predicted molar refractivity (Wildman–Crippen MR) is 65.1 cm³/mol. The van der Waals surface area contributed by atoms with Gasteiger partial charge >= 0.3 is 0 Å². The lowest BCUT2D eigenvalue weighted by molar-refractivity contribution is -0.125. The Balaban J connectivity index is 1.91. The number of hydrogen-bond acceptors (Lipinski definition) is 5. The van der Waals surface area contributed by atoms with Crippen molar-refractivity contribution in [3.8, 4) is 0 Å². The zero-order valence-corrected chi connectivity index (χ0v) is 11.2. The number of carbonyl (C=O) groups is 1. The summed E-state index contributed by atoms with van der Waals surface area (Å²) in [7, 11) is 0. The highest BCUT2D eigenvalue weighted by molar-refractivity contribution is 5.84. The molecule has 2 heterocycles. The van der Waals surface area contributed by atoms with E-state index < -0.39 is 0 Å². The summed E-state index contributed by atoms with van der Waals surface area (Å²) in [6.07, 6.45) is 3.23. The highest BCUT2D eigenvalue weighted by Gasteiger charge is 2.24. The van der Waals surface area contributed by atoms with Crippen LogP contribution in [-0.4, -0.2) is 28.6 Å². The van der Waals surface area contributed by atoms with Crippen LogP contribution in [0.1, 0.15) is 45.3 Å². The fraction of sp³-hybridized carbons (Fsp3) is 0.769. The van der Waals surface area contributed by atoms with Crippen LogP contribution in [0, 0.1) is 5.41 Å². The summed E-state index contributed by atoms with van der Waals surface area (Å²) in [6.45, 7) is 6.48. The highest BCUT2D eigenvalue weighted by atomic mass is 16.5. The number of ether oxygens (including phenoxy) is 1. The van der Waals surface area contributed by atoms with Crippen molar-refractivity contribution in [3.63, 3.8) is 0 Å². The molecule has 0 aliphatic carbocycles. The maximum Gasteiger partial charge on any atom is 0.234 e. The van der Waals surface area contributed by atoms with E-state index in [1.807, 2.05) is 20.8 Å². The first-order valence-corrected chi connectivity index (χ1v) is 6.41. The normalized spacial score (nSPS) is 20.3. The third-order valence-corrected chi connectivity index (χ3v) is 3.09. The summed E-state index contributed by atoms with van der Waals surface area (Å²) in [4.78, 5) is 16.1. The van der Waals surface area contributed by atoms with E-state index in [-0.39, 0.29) is 23.7 Å². The number of Topliss-reactive ketones (excluding diaryl/α,β-unsaturated/α-hetero) is 1. The predicted octanol–water partition coefficient (Wildman–Crippen LogP) is 1.95. The Labute approximate surface area is 107 Å². The van der Waals surface area contributed by atoms with E-state index >= 15 is 0 Å². The van der Waals surface area contributed by atoms with Gasteiger partial charge in [-0.3, -0.25) is 4.79 Å². The van der Waals surface area contributed by atoms with Crippen LogP contribution in [0.5, 0.6) is 0 Å². The minimum Gasteiger partial charge on any atom is -0.378 e. The van der Waals surface area contributed by atoms with Crippen molar-refractivity contribution in [2.75, 3.05) is 6.61 Å². The first-order chi connectivity index (χ1) is 8.45. The molecule has 0 radical (unpaired) electrons. The third kappa shape index (κ3) is 3.38. The van der Waals surface area contributed by atoms with E-state index in [9.17, 15) is 4.79 Å². The van der Waals surface area contributed by atoms with Gasteiger partial charge in [0.2, 0.25) is 5.89 Å². The minimum absolute atomic E-state index is 0.106. The van der Waals surface area contributed by atoms with Crippen molar-refractivity contribution in [2.45, 2.75) is 52.6 Å². The Hall–Kier alpha value is -1.23. The number of ketones is 1. The van der Waals surface area contributed by atoms with Crippen LogP contribution in [0.15, 0.2) is 4.52 Å². The first-order valence-electron chi connectivity index (χ1n) is 6.41. The van der Waals surface area contributed by atoms with Gasteiger partial charge in [-0.2, -0.15) is 4.98 Å². The molecular weight excluding hydrogens is 232 g/mol. The lowest BCUT2D eigenvalue weighted by atomic mass is 9.89. The number of hydrogen-bond donors (Lipinski definition) is 0. The molecule has 1 saturated heterocycles. The quantitative estimate of drug-likeness (QED) is 0.819. The van der Waals surface area contributed by atoms with Crippen molar-refractivity contribution < 1.29 is 14.1 Å². The van der Waals surface area contributed by atoms with Gasteiger partial charge in [0.15, 0.2) is 5.82 Å². The molecule has 5 nitrogen and oxygen atoms in total. The molecule has 5 heteroatoms. The number of aromatic nitrogens is 2. The molecule has 1 aliphatic heterocycles. The summed E-state index contributed by atoms with van der Waals surface area (Å²) in [5.41, 5.74) is -0.372. The molecule has 1 aliphatic rings. The average molecular weight is 252 g/mol. The molecule has 2 rings (SSSR count). The largest absolute Gasteiger partial charge is 0.378 e. The van der Waals surface area contributed by atoms with E-state index in [1.165, 1.54) is 0 Å². The van der Waals surface area contributed by atoms with Crippen LogP contribution >= 0.6 is 0 Å². The summed E-state index contributed by atoms with van der Waals surface area (Å²) < 4.78 is 10.6. The highest BCUT2D eigenvalue weighted by Crippen LogP contribution is 2.18. The lowest BCUT2D eigenvalue weighted by Crippen LogP contribution is -2.22. The van der Waals surface area contributed by atoms with Crippen LogP contribution in [0.25, 0.3) is 0 Å². The second-order valence-electron chi connectivity index (χ2n) is 5.79. The molecule has 100 valence electrons. The molecule has 1 aromatic rings. The van der Waals surface area contributed by atoms with Gasteiger partial charge < -0.3 is 9.26 Å². The van der Waals surface area contributed by atoms with Gasteiger partial charge in [0.05, 0.1) is 12.5 Å². The van der Waals surface area contributed by atoms with Gasteiger partial charge in [0.1, 0.15) is 5.78 Å². The Bertz CT molecular complexity index is 414. The Kier molecular flexibility index (Phi) is 3.80. The van der Waals surface area contributed by atoms with Gasteiger partial charge in [-0.25, -0.2) is 0 Å². The summed E-state index contributed by atoms with van der Waals surface area (Å²) in [5.74, 6) is 1.15. The molecule has 0 bridgehead atoms. The van der Waals surface area contributed by atoms with Crippen molar-refractivity contribution in [2.24, 2.45) is 5.41 Å². The van der Waals surface area contributed by atoms with E-state index in [4.69, 9.17) is 9.26 Å². The van der Waals surface area contributed by atoms with Crippen LogP contribution in [-0.2, 0) is 22.4 Å². The van der Waals surface area contributed by atoms with Gasteiger partial charge in [0, 0.05) is 18.4 Å². The molecule has 0 N–H and O–H groups in total.